The van der Waals surface area contributed by atoms with E-state index in [4.69, 9.17) is 4.18 Å². The van der Waals surface area contributed by atoms with Crippen molar-refractivity contribution in [2.45, 2.75) is 64.2 Å². The molecular weight excluding hydrogens is 384 g/mol. The lowest BCUT2D eigenvalue weighted by molar-refractivity contribution is 0.475. The summed E-state index contributed by atoms with van der Waals surface area (Å²) in [6.07, 6.45) is 1.32. The molecule has 0 aliphatic carbocycles. The molecule has 6 heteroatoms. The van der Waals surface area contributed by atoms with E-state index in [0.29, 0.717) is 16.8 Å². The zero-order valence-electron chi connectivity index (χ0n) is 17.8. The maximum absolute atomic E-state index is 13.5. The van der Waals surface area contributed by atoms with Crippen LogP contribution in [0.25, 0.3) is 10.9 Å². The normalized spacial score (nSPS) is 12.3. The van der Waals surface area contributed by atoms with Crippen molar-refractivity contribution in [2.75, 3.05) is 0 Å². The number of hydrogen-bond acceptors (Lipinski definition) is 5. The second-order valence-electron chi connectivity index (χ2n) is 8.23. The molecule has 0 fully saturated rings. The van der Waals surface area contributed by atoms with Gasteiger partial charge in [0, 0.05) is 0 Å². The van der Waals surface area contributed by atoms with Gasteiger partial charge in [-0.05, 0) is 46.6 Å². The highest BCUT2D eigenvalue weighted by Crippen LogP contribution is 2.36. The van der Waals surface area contributed by atoms with Crippen molar-refractivity contribution in [3.63, 3.8) is 0 Å². The molecule has 0 saturated heterocycles. The van der Waals surface area contributed by atoms with Crippen molar-refractivity contribution in [3.8, 4) is 5.88 Å². The second-order valence-corrected chi connectivity index (χ2v) is 9.71. The third-order valence-corrected chi connectivity index (χ3v) is 6.37. The fourth-order valence-electron chi connectivity index (χ4n) is 3.37. The Morgan fingerprint density at radius 3 is 1.97 bits per heavy atom. The van der Waals surface area contributed by atoms with Gasteiger partial charge in [0.15, 0.2) is 0 Å². The monoisotopic (exact) mass is 412 g/mol. The average Bonchev–Trinajstić information content (AvgIpc) is 2.66. The number of hydrogen-bond donors (Lipinski definition) is 0. The van der Waals surface area contributed by atoms with Gasteiger partial charge in [0.05, 0.1) is 10.9 Å². The van der Waals surface area contributed by atoms with E-state index in [-0.39, 0.29) is 22.6 Å². The molecule has 0 radical (unpaired) electrons. The van der Waals surface area contributed by atoms with Gasteiger partial charge in [0.1, 0.15) is 11.2 Å². The third kappa shape index (κ3) is 4.27. The number of fused-ring (bicyclic) bond motifs is 1. The highest BCUT2D eigenvalue weighted by molar-refractivity contribution is 7.87. The topological polar surface area (TPSA) is 69.2 Å². The van der Waals surface area contributed by atoms with E-state index in [9.17, 15) is 8.42 Å². The fraction of sp³-hybridized carbons (Fsp3) is 0.391. The van der Waals surface area contributed by atoms with Crippen molar-refractivity contribution in [1.82, 2.24) is 9.97 Å². The molecule has 0 amide bonds. The number of para-hydroxylation sites is 1. The van der Waals surface area contributed by atoms with Gasteiger partial charge in [0.2, 0.25) is 5.88 Å². The van der Waals surface area contributed by atoms with E-state index in [1.54, 1.807) is 12.1 Å². The van der Waals surface area contributed by atoms with Crippen LogP contribution in [0.5, 0.6) is 5.88 Å². The first-order valence-corrected chi connectivity index (χ1v) is 11.3. The molecule has 5 nitrogen and oxygen atoms in total. The van der Waals surface area contributed by atoms with Gasteiger partial charge in [-0.25, -0.2) is 9.97 Å². The Labute approximate surface area is 173 Å². The summed E-state index contributed by atoms with van der Waals surface area (Å²) in [6, 6.07) is 11.2. The maximum Gasteiger partial charge on any atom is 0.341 e. The van der Waals surface area contributed by atoms with E-state index < -0.39 is 10.1 Å². The van der Waals surface area contributed by atoms with Crippen LogP contribution in [0.3, 0.4) is 0 Å². The summed E-state index contributed by atoms with van der Waals surface area (Å²) in [5.41, 5.74) is 3.32. The third-order valence-electron chi connectivity index (χ3n) is 5.02. The Morgan fingerprint density at radius 1 is 0.828 bits per heavy atom. The Balaban J connectivity index is 2.22. The standard InChI is InChI=1S/C23H28N2O3S/c1-14(2)17-11-19(15(3)4)22(20(12-17)16(5)6)29(26,27)28-23-18-9-7-8-10-21(18)24-13-25-23/h7-16H,1-6H3. The number of rotatable bonds is 6. The van der Waals surface area contributed by atoms with Gasteiger partial charge < -0.3 is 4.18 Å². The molecule has 0 bridgehead atoms. The summed E-state index contributed by atoms with van der Waals surface area (Å²) in [4.78, 5) is 8.54. The summed E-state index contributed by atoms with van der Waals surface area (Å²) in [5, 5.41) is 0.564. The lowest BCUT2D eigenvalue weighted by Gasteiger charge is -2.22. The Hall–Kier alpha value is -2.47. The SMILES string of the molecule is CC(C)c1cc(C(C)C)c(S(=O)(=O)Oc2ncnc3ccccc23)c(C(C)C)c1. The molecule has 0 N–H and O–H groups in total. The molecule has 3 rings (SSSR count). The van der Waals surface area contributed by atoms with E-state index in [2.05, 4.69) is 23.8 Å². The minimum absolute atomic E-state index is 0.0294. The summed E-state index contributed by atoms with van der Waals surface area (Å²) in [7, 11) is -4.09. The molecule has 0 unspecified atom stereocenters. The molecule has 3 aromatic rings. The van der Waals surface area contributed by atoms with Gasteiger partial charge >= 0.3 is 10.1 Å². The van der Waals surface area contributed by atoms with Crippen LogP contribution in [0.1, 0.15) is 76.0 Å². The van der Waals surface area contributed by atoms with Crippen LogP contribution < -0.4 is 4.18 Å². The molecular formula is C23H28N2O3S. The van der Waals surface area contributed by atoms with E-state index in [1.807, 2.05) is 52.0 Å². The van der Waals surface area contributed by atoms with Gasteiger partial charge in [-0.1, -0.05) is 65.8 Å². The average molecular weight is 413 g/mol. The van der Waals surface area contributed by atoms with Gasteiger partial charge in [-0.3, -0.25) is 0 Å². The van der Waals surface area contributed by atoms with Crippen LogP contribution in [0.4, 0.5) is 0 Å². The minimum atomic E-state index is -4.09. The first kappa shape index (κ1) is 21.2. The minimum Gasteiger partial charge on any atom is -0.357 e. The summed E-state index contributed by atoms with van der Waals surface area (Å²) in [6.45, 7) is 12.2. The molecule has 154 valence electrons. The maximum atomic E-state index is 13.5. The molecule has 0 spiro atoms. The fourth-order valence-corrected chi connectivity index (χ4v) is 4.96. The lowest BCUT2D eigenvalue weighted by Crippen LogP contribution is -2.18. The van der Waals surface area contributed by atoms with Crippen molar-refractivity contribution in [1.29, 1.82) is 0 Å². The van der Waals surface area contributed by atoms with Gasteiger partial charge in [0.25, 0.3) is 0 Å². The van der Waals surface area contributed by atoms with E-state index >= 15 is 0 Å². The summed E-state index contributed by atoms with van der Waals surface area (Å²) < 4.78 is 32.6. The smallest absolute Gasteiger partial charge is 0.341 e. The quantitative estimate of drug-likeness (QED) is 0.481. The highest BCUT2D eigenvalue weighted by Gasteiger charge is 2.29. The van der Waals surface area contributed by atoms with Crippen molar-refractivity contribution in [3.05, 3.63) is 59.4 Å². The van der Waals surface area contributed by atoms with Crippen LogP contribution in [0.15, 0.2) is 47.6 Å². The Morgan fingerprint density at radius 2 is 1.41 bits per heavy atom. The van der Waals surface area contributed by atoms with Crippen LogP contribution in [0, 0.1) is 0 Å². The van der Waals surface area contributed by atoms with E-state index in [0.717, 1.165) is 16.7 Å². The van der Waals surface area contributed by atoms with Crippen molar-refractivity contribution in [2.24, 2.45) is 0 Å². The summed E-state index contributed by atoms with van der Waals surface area (Å²) >= 11 is 0. The Kier molecular flexibility index (Phi) is 5.94. The van der Waals surface area contributed by atoms with Crippen LogP contribution >= 0.6 is 0 Å². The molecule has 29 heavy (non-hydrogen) atoms. The molecule has 0 aliphatic rings. The zero-order valence-corrected chi connectivity index (χ0v) is 18.6. The first-order chi connectivity index (χ1) is 13.6. The van der Waals surface area contributed by atoms with Crippen LogP contribution in [-0.2, 0) is 10.1 Å². The predicted molar refractivity (Wildman–Crippen MR) is 116 cm³/mol. The van der Waals surface area contributed by atoms with Gasteiger partial charge in [-0.2, -0.15) is 8.42 Å². The molecule has 0 atom stereocenters. The van der Waals surface area contributed by atoms with Crippen molar-refractivity contribution >= 4 is 21.0 Å². The number of nitrogens with zero attached hydrogens (tertiary/aromatic N) is 2. The van der Waals surface area contributed by atoms with Crippen LogP contribution in [-0.4, -0.2) is 18.4 Å². The zero-order chi connectivity index (χ0) is 21.3. The second kappa shape index (κ2) is 8.11. The molecule has 1 heterocycles. The lowest BCUT2D eigenvalue weighted by atomic mass is 9.89. The predicted octanol–water partition coefficient (Wildman–Crippen LogP) is 5.77. The number of benzene rings is 2. The van der Waals surface area contributed by atoms with Crippen LogP contribution in [0.2, 0.25) is 0 Å². The molecule has 0 aliphatic heterocycles. The first-order valence-electron chi connectivity index (χ1n) is 9.93. The number of aromatic nitrogens is 2. The van der Waals surface area contributed by atoms with Crippen molar-refractivity contribution < 1.29 is 12.6 Å². The largest absolute Gasteiger partial charge is 0.357 e. The molecule has 1 aromatic heterocycles. The molecule has 2 aromatic carbocycles. The van der Waals surface area contributed by atoms with E-state index in [1.165, 1.54) is 6.33 Å². The Bertz CT molecular complexity index is 1100. The van der Waals surface area contributed by atoms with Gasteiger partial charge in [-0.15, -0.1) is 0 Å². The highest BCUT2D eigenvalue weighted by atomic mass is 32.2. The summed E-state index contributed by atoms with van der Waals surface area (Å²) in [5.74, 6) is 0.407. The molecule has 0 saturated carbocycles.